The zero-order valence-corrected chi connectivity index (χ0v) is 30.6. The molecule has 1 aromatic carbocycles. The highest BCUT2D eigenvalue weighted by molar-refractivity contribution is 5.96. The number of aryl methyl sites for hydroxylation is 2. The van der Waals surface area contributed by atoms with Gasteiger partial charge in [-0.15, -0.1) is 0 Å². The minimum Gasteiger partial charge on any atom is -0.444 e. The summed E-state index contributed by atoms with van der Waals surface area (Å²) in [5.74, 6) is 0.748. The number of aromatic nitrogens is 6. The number of H-pyrrole nitrogens is 1. The van der Waals surface area contributed by atoms with E-state index in [1.54, 1.807) is 18.1 Å². The molecule has 1 atom stereocenters. The van der Waals surface area contributed by atoms with E-state index in [-0.39, 0.29) is 29.0 Å². The Labute approximate surface area is 296 Å². The summed E-state index contributed by atoms with van der Waals surface area (Å²) in [4.78, 5) is 54.7. The van der Waals surface area contributed by atoms with E-state index in [4.69, 9.17) is 14.2 Å². The largest absolute Gasteiger partial charge is 0.444 e. The number of carbonyl (C=O) groups excluding carboxylic acids is 2. The summed E-state index contributed by atoms with van der Waals surface area (Å²) in [5.41, 5.74) is 4.21. The lowest BCUT2D eigenvalue weighted by atomic mass is 9.96. The van der Waals surface area contributed by atoms with Crippen LogP contribution < -0.4 is 15.8 Å². The van der Waals surface area contributed by atoms with Crippen molar-refractivity contribution in [2.24, 2.45) is 7.05 Å². The Morgan fingerprint density at radius 3 is 2.31 bits per heavy atom. The molecule has 1 fully saturated rings. The van der Waals surface area contributed by atoms with Gasteiger partial charge in [-0.3, -0.25) is 9.59 Å². The van der Waals surface area contributed by atoms with Crippen molar-refractivity contribution in [1.82, 2.24) is 40.1 Å². The fraction of sp³-hybridized carbons (Fsp3) is 0.432. The monoisotopic (exact) mass is 695 g/mol. The molecule has 0 radical (unpaired) electrons. The average Bonchev–Trinajstić information content (AvgIpc) is 3.75. The van der Waals surface area contributed by atoms with Gasteiger partial charge in [-0.05, 0) is 70.0 Å². The number of amides is 2. The number of fused-ring (bicyclic) bond motifs is 1. The normalized spacial score (nSPS) is 14.5. The molecule has 5 aromatic rings. The van der Waals surface area contributed by atoms with Crippen molar-refractivity contribution in [3.63, 3.8) is 0 Å². The van der Waals surface area contributed by atoms with Crippen LogP contribution in [-0.2, 0) is 17.2 Å². The van der Waals surface area contributed by atoms with Gasteiger partial charge in [-0.2, -0.15) is 10.1 Å². The summed E-state index contributed by atoms with van der Waals surface area (Å²) in [7, 11) is 1.63. The van der Waals surface area contributed by atoms with Gasteiger partial charge in [0.05, 0.1) is 6.04 Å². The molecule has 268 valence electrons. The third-order valence-corrected chi connectivity index (χ3v) is 8.79. The van der Waals surface area contributed by atoms with Crippen molar-refractivity contribution < 1.29 is 18.8 Å². The number of nitrogens with zero attached hydrogens (tertiary/aromatic N) is 7. The van der Waals surface area contributed by atoms with Crippen molar-refractivity contribution in [2.45, 2.75) is 72.4 Å². The summed E-state index contributed by atoms with van der Waals surface area (Å²) in [5, 5.41) is 12.2. The molecule has 0 unspecified atom stereocenters. The molecular weight excluding hydrogens is 650 g/mol. The molecule has 5 heterocycles. The minimum atomic E-state index is -0.534. The fourth-order valence-corrected chi connectivity index (χ4v) is 6.03. The molecule has 1 saturated heterocycles. The van der Waals surface area contributed by atoms with Gasteiger partial charge in [-0.25, -0.2) is 14.5 Å². The summed E-state index contributed by atoms with van der Waals surface area (Å²) in [6.45, 7) is 17.7. The zero-order chi connectivity index (χ0) is 36.8. The second-order valence-electron chi connectivity index (χ2n) is 15.0. The number of hydrogen-bond acceptors (Lipinski definition) is 10. The van der Waals surface area contributed by atoms with Gasteiger partial charge in [0, 0.05) is 67.0 Å². The molecule has 6 rings (SSSR count). The van der Waals surface area contributed by atoms with E-state index in [1.165, 1.54) is 4.68 Å². The summed E-state index contributed by atoms with van der Waals surface area (Å²) >= 11 is 0. The first-order valence-electron chi connectivity index (χ1n) is 17.0. The average molecular weight is 696 g/mol. The minimum absolute atomic E-state index is 0.0796. The lowest BCUT2D eigenvalue weighted by Crippen LogP contribution is -2.50. The van der Waals surface area contributed by atoms with Gasteiger partial charge >= 0.3 is 17.9 Å². The first-order chi connectivity index (χ1) is 24.0. The van der Waals surface area contributed by atoms with Gasteiger partial charge < -0.3 is 29.4 Å². The van der Waals surface area contributed by atoms with E-state index >= 15 is 0 Å². The number of ether oxygens (including phenoxy) is 1. The Balaban J connectivity index is 1.19. The van der Waals surface area contributed by atoms with E-state index in [0.29, 0.717) is 48.6 Å². The summed E-state index contributed by atoms with van der Waals surface area (Å²) in [6.07, 6.45) is 1.48. The number of anilines is 1. The van der Waals surface area contributed by atoms with E-state index < -0.39 is 11.5 Å². The quantitative estimate of drug-likeness (QED) is 0.231. The van der Waals surface area contributed by atoms with Crippen LogP contribution >= 0.6 is 0 Å². The fourth-order valence-electron chi connectivity index (χ4n) is 6.03. The molecule has 1 aliphatic heterocycles. The van der Waals surface area contributed by atoms with Gasteiger partial charge in [-0.1, -0.05) is 38.1 Å². The first-order valence-corrected chi connectivity index (χ1v) is 17.0. The van der Waals surface area contributed by atoms with E-state index in [9.17, 15) is 14.4 Å². The van der Waals surface area contributed by atoms with Crippen LogP contribution in [0.3, 0.4) is 0 Å². The number of pyridine rings is 1. The predicted octanol–water partition coefficient (Wildman–Crippen LogP) is 5.53. The second-order valence-corrected chi connectivity index (χ2v) is 15.0. The number of carbonyl (C=O) groups is 2. The van der Waals surface area contributed by atoms with Crippen LogP contribution in [0.1, 0.15) is 82.1 Å². The lowest BCUT2D eigenvalue weighted by Gasteiger charge is -2.36. The first kappa shape index (κ1) is 35.3. The van der Waals surface area contributed by atoms with Crippen molar-refractivity contribution >= 4 is 28.7 Å². The van der Waals surface area contributed by atoms with E-state index in [2.05, 4.69) is 30.4 Å². The maximum absolute atomic E-state index is 13.2. The number of rotatable bonds is 6. The summed E-state index contributed by atoms with van der Waals surface area (Å²) in [6, 6.07) is 11.4. The van der Waals surface area contributed by atoms with Crippen LogP contribution in [0.4, 0.5) is 10.6 Å². The Kier molecular flexibility index (Phi) is 9.21. The Hall–Kier alpha value is -5.53. The van der Waals surface area contributed by atoms with Crippen molar-refractivity contribution in [1.29, 1.82) is 0 Å². The maximum atomic E-state index is 13.2. The summed E-state index contributed by atoms with van der Waals surface area (Å²) < 4.78 is 12.1. The Morgan fingerprint density at radius 1 is 1.00 bits per heavy atom. The lowest BCUT2D eigenvalue weighted by molar-refractivity contribution is 0.0240. The standard InChI is InChI=1S/C37H45N9O5/c1-21-18-23(10-12-25(21)22(2)39-31(47)32-41-34(43-51-32)36(3,4)5)29-26-19-27(40-30(26)33(48)44(9)42-29)24-11-13-28(38-20-24)45-14-16-46(17-15-45)35(49)50-37(6,7)8/h10-13,18-20,22,40H,14-17H2,1-9H3,(H,39,47)/t22-/m1/s1. The third kappa shape index (κ3) is 7.49. The van der Waals surface area contributed by atoms with Crippen molar-refractivity contribution in [3.8, 4) is 22.5 Å². The molecule has 0 spiro atoms. The zero-order valence-electron chi connectivity index (χ0n) is 30.6. The third-order valence-electron chi connectivity index (χ3n) is 8.79. The molecule has 14 nitrogen and oxygen atoms in total. The number of piperazine rings is 1. The maximum Gasteiger partial charge on any atom is 0.410 e. The molecule has 4 aromatic heterocycles. The van der Waals surface area contributed by atoms with Crippen LogP contribution in [0.25, 0.3) is 33.4 Å². The Bertz CT molecular complexity index is 2140. The highest BCUT2D eigenvalue weighted by Crippen LogP contribution is 2.32. The van der Waals surface area contributed by atoms with Crippen LogP contribution in [0.2, 0.25) is 0 Å². The number of aromatic amines is 1. The Morgan fingerprint density at radius 2 is 1.71 bits per heavy atom. The van der Waals surface area contributed by atoms with E-state index in [0.717, 1.165) is 33.8 Å². The van der Waals surface area contributed by atoms with Crippen LogP contribution in [0, 0.1) is 6.92 Å². The molecule has 51 heavy (non-hydrogen) atoms. The van der Waals surface area contributed by atoms with Gasteiger partial charge in [0.2, 0.25) is 0 Å². The van der Waals surface area contributed by atoms with Gasteiger partial charge in [0.1, 0.15) is 22.6 Å². The predicted molar refractivity (Wildman–Crippen MR) is 194 cm³/mol. The number of hydrogen-bond donors (Lipinski definition) is 2. The molecule has 1 aliphatic rings. The molecule has 0 bridgehead atoms. The topological polar surface area (TPSA) is 164 Å². The SMILES string of the molecule is Cc1cc(-c2nn(C)c(=O)c3[nH]c(-c4ccc(N5CCN(C(=O)OC(C)(C)C)CC5)nc4)cc23)ccc1[C@@H](C)NC(=O)c1nc(C(C)(C)C)no1. The van der Waals surface area contributed by atoms with Crippen LogP contribution in [0.5, 0.6) is 0 Å². The van der Waals surface area contributed by atoms with Crippen LogP contribution in [0.15, 0.2) is 51.9 Å². The van der Waals surface area contributed by atoms with E-state index in [1.807, 2.05) is 91.8 Å². The van der Waals surface area contributed by atoms with Gasteiger partial charge in [0.25, 0.3) is 5.56 Å². The van der Waals surface area contributed by atoms with Gasteiger partial charge in [0.15, 0.2) is 5.82 Å². The number of nitrogens with one attached hydrogen (secondary N) is 2. The molecule has 0 aliphatic carbocycles. The molecule has 0 saturated carbocycles. The highest BCUT2D eigenvalue weighted by Gasteiger charge is 2.27. The molecule has 2 N–H and O–H groups in total. The number of benzene rings is 1. The molecular formula is C37H45N9O5. The van der Waals surface area contributed by atoms with Crippen molar-refractivity contribution in [3.05, 3.63) is 75.8 Å². The highest BCUT2D eigenvalue weighted by atomic mass is 16.6. The van der Waals surface area contributed by atoms with Crippen LogP contribution in [-0.4, -0.2) is 78.6 Å². The molecule has 14 heteroatoms. The smallest absolute Gasteiger partial charge is 0.410 e. The molecule has 2 amide bonds. The van der Waals surface area contributed by atoms with Crippen molar-refractivity contribution in [2.75, 3.05) is 31.1 Å². The second kappa shape index (κ2) is 13.3.